The molecule has 5 aromatic carbocycles. The van der Waals surface area contributed by atoms with Gasteiger partial charge in [-0.05, 0) is 60.1 Å². The van der Waals surface area contributed by atoms with Crippen LogP contribution in [0.2, 0.25) is 0 Å². The molecule has 5 nitrogen and oxygen atoms in total. The average Bonchev–Trinajstić information content (AvgIpc) is 3.18. The number of hydrogen-bond donors (Lipinski definition) is 0. The van der Waals surface area contributed by atoms with E-state index in [1.165, 1.54) is 24.8 Å². The van der Waals surface area contributed by atoms with Gasteiger partial charge in [0.25, 0.3) is 0 Å². The molecule has 2 unspecified atom stereocenters. The lowest BCUT2D eigenvalue weighted by molar-refractivity contribution is -0.219. The number of benzene rings is 5. The van der Waals surface area contributed by atoms with Gasteiger partial charge in [0.2, 0.25) is 0 Å². The van der Waals surface area contributed by atoms with Crippen molar-refractivity contribution in [3.8, 4) is 68.1 Å². The Balaban J connectivity index is 1.04. The molecule has 0 aliphatic heterocycles. The van der Waals surface area contributed by atoms with Gasteiger partial charge >= 0.3 is 0 Å². The normalized spacial score (nSPS) is 21.5. The second-order valence-electron chi connectivity index (χ2n) is 13.9. The molecule has 3 saturated carbocycles. The van der Waals surface area contributed by atoms with Gasteiger partial charge in [0.1, 0.15) is 0 Å². The van der Waals surface area contributed by atoms with E-state index in [-0.39, 0.29) is 0 Å². The molecule has 2 aromatic heterocycles. The van der Waals surface area contributed by atoms with Crippen molar-refractivity contribution in [1.82, 2.24) is 24.9 Å². The average molecular weight is 632 g/mol. The Labute approximate surface area is 285 Å². The summed E-state index contributed by atoms with van der Waals surface area (Å²) in [7, 11) is 0. The van der Waals surface area contributed by atoms with E-state index in [4.69, 9.17) is 24.9 Å². The van der Waals surface area contributed by atoms with Gasteiger partial charge in [-0.1, -0.05) is 133 Å². The molecule has 5 heteroatoms. The van der Waals surface area contributed by atoms with Crippen LogP contribution in [0.1, 0.15) is 24.8 Å². The SMILES string of the molecule is c1ccc(-c2cc(-c3ccc(-c4nc(-c5ccccc5)nc(-c5ccccc5)n4)cc3)nc(-c3cccc(C45CC6CC(C4)C65)c3)n2)cc1. The highest BCUT2D eigenvalue weighted by atomic mass is 15.0. The summed E-state index contributed by atoms with van der Waals surface area (Å²) < 4.78 is 0. The molecule has 3 aliphatic carbocycles. The summed E-state index contributed by atoms with van der Waals surface area (Å²) in [6.45, 7) is 0. The maximum absolute atomic E-state index is 5.18. The van der Waals surface area contributed by atoms with Gasteiger partial charge in [0.05, 0.1) is 11.4 Å². The lowest BCUT2D eigenvalue weighted by Crippen LogP contribution is -2.71. The van der Waals surface area contributed by atoms with Gasteiger partial charge in [-0.3, -0.25) is 0 Å². The van der Waals surface area contributed by atoms with Gasteiger partial charge in [0.15, 0.2) is 23.3 Å². The number of hydrogen-bond acceptors (Lipinski definition) is 5. The molecule has 0 bridgehead atoms. The predicted molar refractivity (Wildman–Crippen MR) is 194 cm³/mol. The highest BCUT2D eigenvalue weighted by Crippen LogP contribution is 2.77. The van der Waals surface area contributed by atoms with Crippen molar-refractivity contribution in [3.63, 3.8) is 0 Å². The largest absolute Gasteiger partial charge is 0.228 e. The fraction of sp³-hybridized carbons (Fsp3) is 0.159. The second-order valence-corrected chi connectivity index (χ2v) is 13.9. The molecule has 0 radical (unpaired) electrons. The quantitative estimate of drug-likeness (QED) is 0.175. The van der Waals surface area contributed by atoms with E-state index in [9.17, 15) is 0 Å². The first-order valence-corrected chi connectivity index (χ1v) is 17.2. The third kappa shape index (κ3) is 4.72. The Kier molecular flexibility index (Phi) is 6.41. The summed E-state index contributed by atoms with van der Waals surface area (Å²) >= 11 is 0. The molecule has 2 heterocycles. The Hall–Kier alpha value is -5.81. The lowest BCUT2D eigenvalue weighted by atomic mass is 9.28. The number of nitrogens with zero attached hydrogens (tertiary/aromatic N) is 5. The molecule has 10 rings (SSSR count). The highest BCUT2D eigenvalue weighted by Gasteiger charge is 2.71. The minimum atomic E-state index is 0.398. The van der Waals surface area contributed by atoms with Crippen LogP contribution >= 0.6 is 0 Å². The van der Waals surface area contributed by atoms with E-state index in [1.807, 2.05) is 66.7 Å². The van der Waals surface area contributed by atoms with Crippen molar-refractivity contribution >= 4 is 0 Å². The van der Waals surface area contributed by atoms with E-state index in [0.29, 0.717) is 22.9 Å². The molecule has 0 N–H and O–H groups in total. The van der Waals surface area contributed by atoms with E-state index in [1.54, 1.807) is 0 Å². The molecular weight excluding hydrogens is 599 g/mol. The first-order valence-electron chi connectivity index (χ1n) is 17.2. The van der Waals surface area contributed by atoms with Gasteiger partial charge in [-0.15, -0.1) is 0 Å². The summed E-state index contributed by atoms with van der Waals surface area (Å²) in [5.41, 5.74) is 9.66. The van der Waals surface area contributed by atoms with Crippen LogP contribution < -0.4 is 0 Å². The zero-order valence-electron chi connectivity index (χ0n) is 26.9. The van der Waals surface area contributed by atoms with Crippen molar-refractivity contribution in [3.05, 3.63) is 151 Å². The molecule has 2 atom stereocenters. The van der Waals surface area contributed by atoms with E-state index >= 15 is 0 Å². The van der Waals surface area contributed by atoms with Crippen LogP contribution in [-0.4, -0.2) is 24.9 Å². The van der Waals surface area contributed by atoms with Gasteiger partial charge in [-0.2, -0.15) is 0 Å². The zero-order chi connectivity index (χ0) is 32.4. The van der Waals surface area contributed by atoms with Gasteiger partial charge in [0, 0.05) is 33.4 Å². The Morgan fingerprint density at radius 1 is 0.388 bits per heavy atom. The highest BCUT2D eigenvalue weighted by molar-refractivity contribution is 5.74. The Morgan fingerprint density at radius 2 is 0.816 bits per heavy atom. The molecule has 3 aliphatic rings. The van der Waals surface area contributed by atoms with E-state index in [2.05, 4.69) is 78.9 Å². The molecule has 3 fully saturated rings. The predicted octanol–water partition coefficient (Wildman–Crippen LogP) is 9.96. The van der Waals surface area contributed by atoms with Crippen LogP contribution in [-0.2, 0) is 5.41 Å². The fourth-order valence-corrected chi connectivity index (χ4v) is 8.77. The summed E-state index contributed by atoms with van der Waals surface area (Å²) in [4.78, 5) is 25.0. The summed E-state index contributed by atoms with van der Waals surface area (Å²) in [6.07, 6.45) is 4.15. The summed E-state index contributed by atoms with van der Waals surface area (Å²) in [5.74, 6) is 5.52. The first-order chi connectivity index (χ1) is 24.2. The topological polar surface area (TPSA) is 64.5 Å². The van der Waals surface area contributed by atoms with Crippen molar-refractivity contribution < 1.29 is 0 Å². The zero-order valence-corrected chi connectivity index (χ0v) is 26.9. The third-order valence-electron chi connectivity index (χ3n) is 11.1. The molecule has 0 amide bonds. The van der Waals surface area contributed by atoms with Crippen LogP contribution in [0.4, 0.5) is 0 Å². The number of aromatic nitrogens is 5. The monoisotopic (exact) mass is 631 g/mol. The molecule has 7 aromatic rings. The molecule has 49 heavy (non-hydrogen) atoms. The van der Waals surface area contributed by atoms with E-state index < -0.39 is 0 Å². The van der Waals surface area contributed by atoms with Gasteiger partial charge in [-0.25, -0.2) is 24.9 Å². The Morgan fingerprint density at radius 3 is 1.33 bits per heavy atom. The standard InChI is InChI=1S/C44H33N5/c1-4-11-28(12-5-1)37-25-38(46-43(45-37)33-17-10-18-36(24-33)44-26-34-23-35(27-44)39(34)44)29-19-21-32(22-20-29)42-48-40(30-13-6-2-7-14-30)47-41(49-42)31-15-8-3-9-16-31/h1-22,24-25,34-35,39H,23,26-27H2. The second kappa shape index (κ2) is 11.1. The molecule has 0 spiro atoms. The van der Waals surface area contributed by atoms with Crippen molar-refractivity contribution in [1.29, 1.82) is 0 Å². The van der Waals surface area contributed by atoms with Crippen LogP contribution in [0.3, 0.4) is 0 Å². The minimum Gasteiger partial charge on any atom is -0.228 e. The number of rotatable bonds is 7. The van der Waals surface area contributed by atoms with Crippen LogP contribution in [0.5, 0.6) is 0 Å². The lowest BCUT2D eigenvalue weighted by Gasteiger charge is -2.76. The van der Waals surface area contributed by atoms with Crippen molar-refractivity contribution in [2.45, 2.75) is 24.7 Å². The fourth-order valence-electron chi connectivity index (χ4n) is 8.77. The summed E-state index contributed by atoms with van der Waals surface area (Å²) in [5, 5.41) is 0. The molecule has 0 saturated heterocycles. The van der Waals surface area contributed by atoms with Crippen LogP contribution in [0, 0.1) is 17.8 Å². The summed E-state index contributed by atoms with van der Waals surface area (Å²) in [6, 6.07) is 50.1. The maximum Gasteiger partial charge on any atom is 0.164 e. The van der Waals surface area contributed by atoms with Gasteiger partial charge < -0.3 is 0 Å². The van der Waals surface area contributed by atoms with Crippen molar-refractivity contribution in [2.75, 3.05) is 0 Å². The first kappa shape index (κ1) is 28.2. The third-order valence-corrected chi connectivity index (χ3v) is 11.1. The molecular formula is C44H33N5. The van der Waals surface area contributed by atoms with Crippen molar-refractivity contribution in [2.24, 2.45) is 17.8 Å². The maximum atomic E-state index is 5.18. The van der Waals surface area contributed by atoms with Crippen LogP contribution in [0.15, 0.2) is 146 Å². The smallest absolute Gasteiger partial charge is 0.164 e. The molecule has 234 valence electrons. The van der Waals surface area contributed by atoms with E-state index in [0.717, 1.165) is 68.3 Å². The Bertz CT molecular complexity index is 2250. The van der Waals surface area contributed by atoms with Crippen LogP contribution in [0.25, 0.3) is 68.1 Å². The minimum absolute atomic E-state index is 0.398.